The summed E-state index contributed by atoms with van der Waals surface area (Å²) >= 11 is 0. The van der Waals surface area contributed by atoms with Crippen LogP contribution in [0, 0.1) is 0 Å². The van der Waals surface area contributed by atoms with E-state index in [0.717, 1.165) is 0 Å². The molecule has 0 spiro atoms. The van der Waals surface area contributed by atoms with Crippen LogP contribution >= 0.6 is 0 Å². The van der Waals surface area contributed by atoms with Crippen LogP contribution in [0.1, 0.15) is 25.6 Å². The third-order valence-electron chi connectivity index (χ3n) is 2.52. The number of hydrogen-bond donors (Lipinski definition) is 1. The summed E-state index contributed by atoms with van der Waals surface area (Å²) in [5, 5.41) is 6.97. The van der Waals surface area contributed by atoms with Crippen molar-refractivity contribution >= 4 is 5.97 Å². The third kappa shape index (κ3) is 4.20. The first-order valence-electron chi connectivity index (χ1n) is 6.52. The van der Waals surface area contributed by atoms with Crippen LogP contribution in [0.5, 0.6) is 0 Å². The highest BCUT2D eigenvalue weighted by Crippen LogP contribution is 2.16. The molecule has 0 aliphatic carbocycles. The molecule has 0 radical (unpaired) electrons. The fraction of sp³-hybridized carbons (Fsp3) is 0.462. The Hall–Kier alpha value is -2.15. The molecule has 20 heavy (non-hydrogen) atoms. The lowest BCUT2D eigenvalue weighted by Crippen LogP contribution is -2.17. The van der Waals surface area contributed by atoms with Crippen molar-refractivity contribution in [2.75, 3.05) is 13.2 Å². The highest BCUT2D eigenvalue weighted by Gasteiger charge is 2.10. The van der Waals surface area contributed by atoms with E-state index in [-0.39, 0.29) is 5.97 Å². The summed E-state index contributed by atoms with van der Waals surface area (Å²) in [7, 11) is 0. The van der Waals surface area contributed by atoms with Crippen LogP contribution in [0.3, 0.4) is 0 Å². The highest BCUT2D eigenvalue weighted by atomic mass is 16.5. The van der Waals surface area contributed by atoms with Crippen molar-refractivity contribution in [3.8, 4) is 11.7 Å². The number of carbonyl (C=O) groups excluding carboxylic acids is 1. The van der Waals surface area contributed by atoms with Gasteiger partial charge >= 0.3 is 5.97 Å². The number of rotatable bonds is 8. The number of ether oxygens (including phenoxy) is 1. The van der Waals surface area contributed by atoms with Crippen LogP contribution in [-0.2, 0) is 16.1 Å². The van der Waals surface area contributed by atoms with Gasteiger partial charge in [-0.3, -0.25) is 4.79 Å². The minimum atomic E-state index is -0.172. The van der Waals surface area contributed by atoms with Gasteiger partial charge in [-0.25, -0.2) is 0 Å². The molecule has 0 unspecified atom stereocenters. The average molecular weight is 279 g/mol. The minimum absolute atomic E-state index is 0.172. The lowest BCUT2D eigenvalue weighted by atomic mass is 10.3. The number of hydrogen-bond acceptors (Lipinski definition) is 7. The van der Waals surface area contributed by atoms with Crippen LogP contribution in [0.25, 0.3) is 11.7 Å². The number of esters is 1. The molecule has 0 amide bonds. The first-order chi connectivity index (χ1) is 9.79. The molecule has 0 saturated heterocycles. The predicted molar refractivity (Wildman–Crippen MR) is 69.6 cm³/mol. The van der Waals surface area contributed by atoms with Crippen LogP contribution in [-0.4, -0.2) is 29.3 Å². The lowest BCUT2D eigenvalue weighted by molar-refractivity contribution is -0.143. The molecule has 2 heterocycles. The van der Waals surface area contributed by atoms with E-state index in [2.05, 4.69) is 15.5 Å². The second-order valence-electron chi connectivity index (χ2n) is 4.08. The summed E-state index contributed by atoms with van der Waals surface area (Å²) in [4.78, 5) is 15.3. The Morgan fingerprint density at radius 1 is 1.50 bits per heavy atom. The van der Waals surface area contributed by atoms with Crippen LogP contribution < -0.4 is 5.32 Å². The molecule has 0 aromatic carbocycles. The molecule has 0 saturated carbocycles. The molecular weight excluding hydrogens is 262 g/mol. The smallest absolute Gasteiger partial charge is 0.305 e. The fourth-order valence-electron chi connectivity index (χ4n) is 1.62. The number of aromatic nitrogens is 2. The largest absolute Gasteiger partial charge is 0.466 e. The van der Waals surface area contributed by atoms with E-state index in [1.165, 1.54) is 0 Å². The third-order valence-corrected chi connectivity index (χ3v) is 2.52. The topological polar surface area (TPSA) is 90.4 Å². The molecule has 2 rings (SSSR count). The molecule has 0 atom stereocenters. The van der Waals surface area contributed by atoms with Crippen molar-refractivity contribution in [3.05, 3.63) is 24.2 Å². The molecule has 2 aromatic rings. The number of furan rings is 1. The highest BCUT2D eigenvalue weighted by molar-refractivity contribution is 5.69. The molecule has 7 heteroatoms. The zero-order chi connectivity index (χ0) is 14.2. The van der Waals surface area contributed by atoms with Gasteiger partial charge in [-0.2, -0.15) is 4.98 Å². The minimum Gasteiger partial charge on any atom is -0.466 e. The van der Waals surface area contributed by atoms with E-state index >= 15 is 0 Å². The predicted octanol–water partition coefficient (Wildman–Crippen LogP) is 1.76. The quantitative estimate of drug-likeness (QED) is 0.581. The Labute approximate surface area is 116 Å². The van der Waals surface area contributed by atoms with Gasteiger partial charge < -0.3 is 19.0 Å². The van der Waals surface area contributed by atoms with E-state index in [1.54, 1.807) is 25.3 Å². The van der Waals surface area contributed by atoms with Gasteiger partial charge in [0.2, 0.25) is 0 Å². The van der Waals surface area contributed by atoms with Crippen molar-refractivity contribution in [1.29, 1.82) is 0 Å². The molecule has 1 N–H and O–H groups in total. The van der Waals surface area contributed by atoms with Crippen molar-refractivity contribution in [2.24, 2.45) is 0 Å². The molecule has 0 fully saturated rings. The maximum atomic E-state index is 11.1. The number of nitrogens with zero attached hydrogens (tertiary/aromatic N) is 2. The summed E-state index contributed by atoms with van der Waals surface area (Å²) in [6.07, 6.45) is 2.67. The summed E-state index contributed by atoms with van der Waals surface area (Å²) in [6, 6.07) is 3.51. The summed E-state index contributed by atoms with van der Waals surface area (Å²) in [5.41, 5.74) is 0. The zero-order valence-corrected chi connectivity index (χ0v) is 11.3. The van der Waals surface area contributed by atoms with Gasteiger partial charge in [0.05, 0.1) is 19.4 Å². The summed E-state index contributed by atoms with van der Waals surface area (Å²) in [5.74, 6) is 1.28. The van der Waals surface area contributed by atoms with Crippen molar-refractivity contribution in [3.63, 3.8) is 0 Å². The van der Waals surface area contributed by atoms with E-state index in [9.17, 15) is 4.79 Å². The van der Waals surface area contributed by atoms with Crippen LogP contribution in [0.2, 0.25) is 0 Å². The van der Waals surface area contributed by atoms with Crippen LogP contribution in [0.4, 0.5) is 0 Å². The van der Waals surface area contributed by atoms with Crippen molar-refractivity contribution in [1.82, 2.24) is 15.5 Å². The lowest BCUT2D eigenvalue weighted by Gasteiger charge is -2.02. The molecule has 2 aromatic heterocycles. The molecule has 0 bridgehead atoms. The van der Waals surface area contributed by atoms with E-state index in [0.29, 0.717) is 50.0 Å². The number of nitrogens with one attached hydrogen (secondary N) is 1. The maximum absolute atomic E-state index is 11.1. The first-order valence-corrected chi connectivity index (χ1v) is 6.52. The van der Waals surface area contributed by atoms with Gasteiger partial charge in [0.1, 0.15) is 0 Å². The van der Waals surface area contributed by atoms with Gasteiger partial charge in [0, 0.05) is 6.42 Å². The van der Waals surface area contributed by atoms with E-state index in [4.69, 9.17) is 13.7 Å². The monoisotopic (exact) mass is 279 g/mol. The average Bonchev–Trinajstić information content (AvgIpc) is 3.09. The normalized spacial score (nSPS) is 10.7. The first kappa shape index (κ1) is 14.3. The van der Waals surface area contributed by atoms with Crippen LogP contribution in [0.15, 0.2) is 27.3 Å². The van der Waals surface area contributed by atoms with Gasteiger partial charge in [-0.05, 0) is 32.0 Å². The van der Waals surface area contributed by atoms with Gasteiger partial charge in [-0.15, -0.1) is 0 Å². The van der Waals surface area contributed by atoms with Gasteiger partial charge in [-0.1, -0.05) is 5.16 Å². The second kappa shape index (κ2) is 7.44. The molecule has 0 aliphatic heterocycles. The molecule has 7 nitrogen and oxygen atoms in total. The van der Waals surface area contributed by atoms with Crippen molar-refractivity contribution < 1.29 is 18.5 Å². The second-order valence-corrected chi connectivity index (χ2v) is 4.08. The van der Waals surface area contributed by atoms with Crippen molar-refractivity contribution in [2.45, 2.75) is 26.3 Å². The van der Waals surface area contributed by atoms with Gasteiger partial charge in [0.15, 0.2) is 11.6 Å². The Balaban J connectivity index is 1.66. The molecule has 108 valence electrons. The summed E-state index contributed by atoms with van der Waals surface area (Å²) < 4.78 is 15.1. The van der Waals surface area contributed by atoms with E-state index in [1.807, 2.05) is 0 Å². The number of carbonyl (C=O) groups is 1. The SMILES string of the molecule is CCOC(=O)CCCNCc1noc(-c2ccco2)n1. The van der Waals surface area contributed by atoms with E-state index < -0.39 is 0 Å². The Morgan fingerprint density at radius 3 is 3.15 bits per heavy atom. The summed E-state index contributed by atoms with van der Waals surface area (Å²) in [6.45, 7) is 3.38. The molecular formula is C13H17N3O4. The standard InChI is InChI=1S/C13H17N3O4/c1-2-18-12(17)6-3-7-14-9-11-15-13(20-16-11)10-5-4-8-19-10/h4-5,8,14H,2-3,6-7,9H2,1H3. The Morgan fingerprint density at radius 2 is 2.40 bits per heavy atom. The Kier molecular flexibility index (Phi) is 5.31. The Bertz CT molecular complexity index is 521. The van der Waals surface area contributed by atoms with Gasteiger partial charge in [0.25, 0.3) is 5.89 Å². The molecule has 0 aliphatic rings. The zero-order valence-electron chi connectivity index (χ0n) is 11.3. The maximum Gasteiger partial charge on any atom is 0.305 e. The fourth-order valence-corrected chi connectivity index (χ4v) is 1.62.